The standard InChI is InChI=1S/C6H10N2O/c1-3-7-6-5(2)8-4-9-6/h4,7H,3H2,1-2H3. The highest BCUT2D eigenvalue weighted by Crippen LogP contribution is 2.09. The van der Waals surface area contributed by atoms with Crippen LogP contribution in [0.25, 0.3) is 0 Å². The lowest BCUT2D eigenvalue weighted by Crippen LogP contribution is -1.95. The van der Waals surface area contributed by atoms with E-state index in [0.717, 1.165) is 18.1 Å². The van der Waals surface area contributed by atoms with E-state index in [4.69, 9.17) is 4.42 Å². The van der Waals surface area contributed by atoms with Gasteiger partial charge in [-0.2, -0.15) is 0 Å². The molecule has 0 saturated heterocycles. The van der Waals surface area contributed by atoms with E-state index in [1.807, 2.05) is 13.8 Å². The van der Waals surface area contributed by atoms with Crippen LogP contribution < -0.4 is 5.32 Å². The van der Waals surface area contributed by atoms with Gasteiger partial charge in [-0.3, -0.25) is 0 Å². The highest BCUT2D eigenvalue weighted by atomic mass is 16.4. The Morgan fingerprint density at radius 1 is 1.78 bits per heavy atom. The number of nitrogens with one attached hydrogen (secondary N) is 1. The summed E-state index contributed by atoms with van der Waals surface area (Å²) in [4.78, 5) is 3.91. The van der Waals surface area contributed by atoms with E-state index in [2.05, 4.69) is 10.3 Å². The second-order valence-electron chi connectivity index (χ2n) is 1.80. The van der Waals surface area contributed by atoms with Crippen LogP contribution in [-0.2, 0) is 0 Å². The molecule has 0 aliphatic rings. The van der Waals surface area contributed by atoms with Crippen molar-refractivity contribution in [2.75, 3.05) is 11.9 Å². The zero-order chi connectivity index (χ0) is 6.69. The van der Waals surface area contributed by atoms with Crippen molar-refractivity contribution < 1.29 is 4.42 Å². The van der Waals surface area contributed by atoms with E-state index in [1.54, 1.807) is 0 Å². The molecule has 0 amide bonds. The van der Waals surface area contributed by atoms with Gasteiger partial charge in [0, 0.05) is 6.54 Å². The first kappa shape index (κ1) is 6.13. The fraction of sp³-hybridized carbons (Fsp3) is 0.500. The second kappa shape index (κ2) is 2.53. The van der Waals surface area contributed by atoms with Crippen LogP contribution in [0.15, 0.2) is 10.8 Å². The zero-order valence-electron chi connectivity index (χ0n) is 5.64. The summed E-state index contributed by atoms with van der Waals surface area (Å²) in [5, 5.41) is 3.03. The quantitative estimate of drug-likeness (QED) is 0.651. The van der Waals surface area contributed by atoms with Gasteiger partial charge >= 0.3 is 0 Å². The number of nitrogens with zero attached hydrogens (tertiary/aromatic N) is 1. The Bertz CT molecular complexity index is 183. The van der Waals surface area contributed by atoms with Crippen molar-refractivity contribution in [3.8, 4) is 0 Å². The minimum absolute atomic E-state index is 0.775. The molecule has 0 atom stereocenters. The maximum absolute atomic E-state index is 4.98. The molecule has 50 valence electrons. The number of hydrogen-bond donors (Lipinski definition) is 1. The molecule has 0 bridgehead atoms. The number of aromatic nitrogens is 1. The van der Waals surface area contributed by atoms with E-state index >= 15 is 0 Å². The number of aryl methyl sites for hydroxylation is 1. The minimum Gasteiger partial charge on any atom is -0.428 e. The van der Waals surface area contributed by atoms with Gasteiger partial charge in [-0.25, -0.2) is 4.98 Å². The molecule has 0 unspecified atom stereocenters. The number of rotatable bonds is 2. The number of hydrogen-bond acceptors (Lipinski definition) is 3. The third kappa shape index (κ3) is 1.22. The summed E-state index contributed by atoms with van der Waals surface area (Å²) in [6.07, 6.45) is 1.44. The largest absolute Gasteiger partial charge is 0.428 e. The molecule has 9 heavy (non-hydrogen) atoms. The smallest absolute Gasteiger partial charge is 0.216 e. The van der Waals surface area contributed by atoms with Gasteiger partial charge < -0.3 is 9.73 Å². The highest BCUT2D eigenvalue weighted by Gasteiger charge is 1.97. The topological polar surface area (TPSA) is 38.1 Å². The first-order chi connectivity index (χ1) is 4.34. The van der Waals surface area contributed by atoms with Gasteiger partial charge in [-0.15, -0.1) is 0 Å². The lowest BCUT2D eigenvalue weighted by atomic mass is 10.5. The molecular weight excluding hydrogens is 116 g/mol. The van der Waals surface area contributed by atoms with Crippen molar-refractivity contribution in [2.45, 2.75) is 13.8 Å². The molecule has 0 aliphatic carbocycles. The lowest BCUT2D eigenvalue weighted by molar-refractivity contribution is 0.569. The molecular formula is C6H10N2O. The van der Waals surface area contributed by atoms with E-state index in [9.17, 15) is 0 Å². The monoisotopic (exact) mass is 126 g/mol. The molecule has 1 heterocycles. The maximum Gasteiger partial charge on any atom is 0.216 e. The molecule has 3 heteroatoms. The summed E-state index contributed by atoms with van der Waals surface area (Å²) < 4.78 is 4.98. The molecule has 0 saturated carbocycles. The summed E-state index contributed by atoms with van der Waals surface area (Å²) in [6, 6.07) is 0. The minimum atomic E-state index is 0.775. The van der Waals surface area contributed by atoms with Gasteiger partial charge in [0.1, 0.15) is 5.69 Å². The van der Waals surface area contributed by atoms with Gasteiger partial charge in [-0.05, 0) is 13.8 Å². The Balaban J connectivity index is 2.69. The van der Waals surface area contributed by atoms with Gasteiger partial charge in [0.25, 0.3) is 0 Å². The van der Waals surface area contributed by atoms with Crippen molar-refractivity contribution in [1.82, 2.24) is 4.98 Å². The van der Waals surface area contributed by atoms with Crippen molar-refractivity contribution in [1.29, 1.82) is 0 Å². The van der Waals surface area contributed by atoms with Crippen molar-refractivity contribution in [3.05, 3.63) is 12.1 Å². The third-order valence-corrected chi connectivity index (χ3v) is 1.08. The Morgan fingerprint density at radius 3 is 3.00 bits per heavy atom. The average molecular weight is 126 g/mol. The fourth-order valence-electron chi connectivity index (χ4n) is 0.632. The van der Waals surface area contributed by atoms with Crippen LogP contribution in [0.2, 0.25) is 0 Å². The number of anilines is 1. The van der Waals surface area contributed by atoms with Gasteiger partial charge in [0.15, 0.2) is 6.39 Å². The van der Waals surface area contributed by atoms with Gasteiger partial charge in [0.05, 0.1) is 0 Å². The predicted octanol–water partition coefficient (Wildman–Crippen LogP) is 1.41. The molecule has 1 aromatic rings. The van der Waals surface area contributed by atoms with Crippen LogP contribution in [0, 0.1) is 6.92 Å². The summed E-state index contributed by atoms with van der Waals surface area (Å²) in [5.74, 6) is 0.775. The maximum atomic E-state index is 4.98. The average Bonchev–Trinajstić information content (AvgIpc) is 2.18. The van der Waals surface area contributed by atoms with Crippen LogP contribution in [-0.4, -0.2) is 11.5 Å². The van der Waals surface area contributed by atoms with Crippen LogP contribution >= 0.6 is 0 Å². The summed E-state index contributed by atoms with van der Waals surface area (Å²) >= 11 is 0. The predicted molar refractivity (Wildman–Crippen MR) is 35.4 cm³/mol. The fourth-order valence-corrected chi connectivity index (χ4v) is 0.632. The third-order valence-electron chi connectivity index (χ3n) is 1.08. The molecule has 1 N–H and O–H groups in total. The van der Waals surface area contributed by atoms with Crippen molar-refractivity contribution >= 4 is 5.88 Å². The van der Waals surface area contributed by atoms with Crippen LogP contribution in [0.1, 0.15) is 12.6 Å². The SMILES string of the molecule is CCNc1ocnc1C. The van der Waals surface area contributed by atoms with Crippen LogP contribution in [0.4, 0.5) is 5.88 Å². The summed E-state index contributed by atoms with van der Waals surface area (Å²) in [5.41, 5.74) is 0.914. The molecule has 3 nitrogen and oxygen atoms in total. The highest BCUT2D eigenvalue weighted by molar-refractivity contribution is 5.34. The molecule has 0 aliphatic heterocycles. The Labute approximate surface area is 54.1 Å². The first-order valence-corrected chi connectivity index (χ1v) is 2.98. The lowest BCUT2D eigenvalue weighted by Gasteiger charge is -1.95. The summed E-state index contributed by atoms with van der Waals surface area (Å²) in [7, 11) is 0. The molecule has 0 fully saturated rings. The van der Waals surface area contributed by atoms with Gasteiger partial charge in [-0.1, -0.05) is 0 Å². The van der Waals surface area contributed by atoms with E-state index in [-0.39, 0.29) is 0 Å². The van der Waals surface area contributed by atoms with Crippen LogP contribution in [0.3, 0.4) is 0 Å². The van der Waals surface area contributed by atoms with E-state index in [0.29, 0.717) is 0 Å². The molecule has 1 aromatic heterocycles. The van der Waals surface area contributed by atoms with E-state index in [1.165, 1.54) is 6.39 Å². The zero-order valence-corrected chi connectivity index (χ0v) is 5.64. The molecule has 0 spiro atoms. The normalized spacial score (nSPS) is 9.56. The first-order valence-electron chi connectivity index (χ1n) is 2.98. The van der Waals surface area contributed by atoms with Crippen molar-refractivity contribution in [2.24, 2.45) is 0 Å². The van der Waals surface area contributed by atoms with E-state index < -0.39 is 0 Å². The summed E-state index contributed by atoms with van der Waals surface area (Å²) in [6.45, 7) is 4.79. The van der Waals surface area contributed by atoms with Gasteiger partial charge in [0.2, 0.25) is 5.88 Å². The van der Waals surface area contributed by atoms with Crippen molar-refractivity contribution in [3.63, 3.8) is 0 Å². The van der Waals surface area contributed by atoms with Crippen LogP contribution in [0.5, 0.6) is 0 Å². The Hall–Kier alpha value is -0.990. The molecule has 0 aromatic carbocycles. The number of oxazole rings is 1. The Morgan fingerprint density at radius 2 is 2.56 bits per heavy atom. The molecule has 0 radical (unpaired) electrons. The molecule has 1 rings (SSSR count). The second-order valence-corrected chi connectivity index (χ2v) is 1.80. The Kier molecular flexibility index (Phi) is 1.72.